The van der Waals surface area contributed by atoms with Crippen molar-refractivity contribution in [1.29, 1.82) is 0 Å². The number of carbonyl (C=O) groups is 1. The van der Waals surface area contributed by atoms with Gasteiger partial charge in [-0.2, -0.15) is 10.6 Å². The third kappa shape index (κ3) is 4.24. The largest absolute Gasteiger partial charge is 0.484 e. The van der Waals surface area contributed by atoms with Crippen molar-refractivity contribution in [3.05, 3.63) is 59.5 Å². The van der Waals surface area contributed by atoms with Crippen LogP contribution in [0.2, 0.25) is 0 Å². The van der Waals surface area contributed by atoms with Crippen molar-refractivity contribution < 1.29 is 18.6 Å². The highest BCUT2D eigenvalue weighted by Gasteiger charge is 2.34. The minimum Gasteiger partial charge on any atom is -0.484 e. The predicted molar refractivity (Wildman–Crippen MR) is 127 cm³/mol. The molecule has 0 fully saturated rings. The lowest BCUT2D eigenvalue weighted by Gasteiger charge is -2.26. The number of anilines is 2. The van der Waals surface area contributed by atoms with Crippen LogP contribution in [-0.4, -0.2) is 62.1 Å². The first-order chi connectivity index (χ1) is 15.8. The number of benzene rings is 1. The first kappa shape index (κ1) is 21.6. The standard InChI is InChI=1S/C23H25N5O4S/c1-27(2)21(29)12-32-17-6-5-15-7-9-28(20(15)10-17)23-18-13-33(30,31)14-19(18)25-22(26-23)16-4-3-8-24-11-16/h3-6,8,10-11,30-31H,7,9,12-14H2,1-2H3. The second-order valence-electron chi connectivity index (χ2n) is 8.40. The monoisotopic (exact) mass is 467 g/mol. The van der Waals surface area contributed by atoms with Crippen molar-refractivity contribution in [1.82, 2.24) is 19.9 Å². The van der Waals surface area contributed by atoms with Crippen LogP contribution in [0.3, 0.4) is 0 Å². The summed E-state index contributed by atoms with van der Waals surface area (Å²) in [5.41, 5.74) is 4.27. The van der Waals surface area contributed by atoms with Gasteiger partial charge >= 0.3 is 0 Å². The summed E-state index contributed by atoms with van der Waals surface area (Å²) in [6.45, 7) is 0.658. The van der Waals surface area contributed by atoms with Crippen molar-refractivity contribution in [2.75, 3.05) is 32.1 Å². The SMILES string of the molecule is CN(C)C(=O)COc1ccc2c(c1)N(c1nc(-c3cccnc3)nc3c1CS(O)(O)C3)CC2. The maximum atomic E-state index is 11.9. The van der Waals surface area contributed by atoms with Crippen LogP contribution in [0.25, 0.3) is 11.4 Å². The van der Waals surface area contributed by atoms with Gasteiger partial charge in [-0.15, -0.1) is 0 Å². The lowest BCUT2D eigenvalue weighted by Crippen LogP contribution is -2.27. The van der Waals surface area contributed by atoms with Crippen LogP contribution in [0.1, 0.15) is 16.8 Å². The molecule has 0 bridgehead atoms. The molecule has 3 aromatic rings. The van der Waals surface area contributed by atoms with Gasteiger partial charge in [-0.05, 0) is 30.2 Å². The predicted octanol–water partition coefficient (Wildman–Crippen LogP) is 3.46. The summed E-state index contributed by atoms with van der Waals surface area (Å²) >= 11 is 0. The highest BCUT2D eigenvalue weighted by atomic mass is 32.3. The molecule has 10 heteroatoms. The first-order valence-electron chi connectivity index (χ1n) is 10.6. The summed E-state index contributed by atoms with van der Waals surface area (Å²) in [5, 5.41) is 0. The number of aromatic nitrogens is 3. The Kier molecular flexibility index (Phi) is 5.43. The molecule has 0 unspecified atom stereocenters. The number of pyridine rings is 1. The fraction of sp³-hybridized carbons (Fsp3) is 0.304. The van der Waals surface area contributed by atoms with Crippen molar-refractivity contribution in [2.45, 2.75) is 17.9 Å². The zero-order valence-corrected chi connectivity index (χ0v) is 19.2. The molecule has 1 amide bonds. The number of hydrogen-bond donors (Lipinski definition) is 2. The second-order valence-corrected chi connectivity index (χ2v) is 10.6. The Balaban J connectivity index is 1.54. The summed E-state index contributed by atoms with van der Waals surface area (Å²) in [7, 11) is 0.601. The van der Waals surface area contributed by atoms with E-state index in [-0.39, 0.29) is 24.0 Å². The average molecular weight is 468 g/mol. The van der Waals surface area contributed by atoms with Gasteiger partial charge in [-0.25, -0.2) is 9.97 Å². The van der Waals surface area contributed by atoms with Crippen LogP contribution in [0, 0.1) is 0 Å². The number of fused-ring (bicyclic) bond motifs is 2. The van der Waals surface area contributed by atoms with E-state index in [0.717, 1.165) is 28.8 Å². The molecule has 0 atom stereocenters. The van der Waals surface area contributed by atoms with Crippen LogP contribution >= 0.6 is 10.6 Å². The van der Waals surface area contributed by atoms with Gasteiger partial charge in [0.1, 0.15) is 11.6 Å². The highest BCUT2D eigenvalue weighted by molar-refractivity contribution is 8.23. The molecule has 2 aliphatic heterocycles. The lowest BCUT2D eigenvalue weighted by atomic mass is 10.1. The summed E-state index contributed by atoms with van der Waals surface area (Å²) in [5.74, 6) is 1.93. The summed E-state index contributed by atoms with van der Waals surface area (Å²) < 4.78 is 26.6. The van der Waals surface area contributed by atoms with E-state index in [4.69, 9.17) is 9.72 Å². The van der Waals surface area contributed by atoms with E-state index in [2.05, 4.69) is 14.9 Å². The molecule has 4 heterocycles. The molecule has 33 heavy (non-hydrogen) atoms. The summed E-state index contributed by atoms with van der Waals surface area (Å²) in [4.78, 5) is 29.2. The smallest absolute Gasteiger partial charge is 0.259 e. The number of hydrogen-bond acceptors (Lipinski definition) is 8. The number of ether oxygens (including phenoxy) is 1. The second kappa shape index (κ2) is 8.29. The van der Waals surface area contributed by atoms with Gasteiger partial charge in [0, 0.05) is 55.9 Å². The molecule has 2 aromatic heterocycles. The minimum absolute atomic E-state index is 0.0409. The Bertz CT molecular complexity index is 1220. The van der Waals surface area contributed by atoms with Crippen LogP contribution in [-0.2, 0) is 22.7 Å². The van der Waals surface area contributed by atoms with Gasteiger partial charge in [0.15, 0.2) is 12.4 Å². The Hall–Kier alpha value is -3.21. The van der Waals surface area contributed by atoms with Gasteiger partial charge < -0.3 is 14.5 Å². The fourth-order valence-electron chi connectivity index (χ4n) is 4.08. The molecule has 0 radical (unpaired) electrons. The van der Waals surface area contributed by atoms with E-state index in [9.17, 15) is 13.9 Å². The molecule has 2 aliphatic rings. The zero-order chi connectivity index (χ0) is 23.2. The minimum atomic E-state index is -2.78. The molecular formula is C23H25N5O4S. The molecule has 0 saturated carbocycles. The molecule has 172 valence electrons. The summed E-state index contributed by atoms with van der Waals surface area (Å²) in [6, 6.07) is 9.49. The third-order valence-electron chi connectivity index (χ3n) is 5.80. The normalized spacial score (nSPS) is 16.8. The number of carbonyl (C=O) groups excluding carboxylic acids is 1. The van der Waals surface area contributed by atoms with Gasteiger partial charge in [0.25, 0.3) is 5.91 Å². The molecule has 2 N–H and O–H groups in total. The van der Waals surface area contributed by atoms with E-state index >= 15 is 0 Å². The Morgan fingerprint density at radius 3 is 2.82 bits per heavy atom. The molecule has 0 spiro atoms. The van der Waals surface area contributed by atoms with Gasteiger partial charge in [-0.3, -0.25) is 18.9 Å². The van der Waals surface area contributed by atoms with Crippen molar-refractivity contribution in [3.63, 3.8) is 0 Å². The van der Waals surface area contributed by atoms with E-state index < -0.39 is 10.6 Å². The Morgan fingerprint density at radius 1 is 1.21 bits per heavy atom. The topological polar surface area (TPSA) is 112 Å². The van der Waals surface area contributed by atoms with Crippen molar-refractivity contribution in [2.24, 2.45) is 0 Å². The van der Waals surface area contributed by atoms with Gasteiger partial charge in [0.2, 0.25) is 0 Å². The van der Waals surface area contributed by atoms with Crippen LogP contribution < -0.4 is 9.64 Å². The molecule has 1 aromatic carbocycles. The van der Waals surface area contributed by atoms with Crippen molar-refractivity contribution >= 4 is 28.0 Å². The van der Waals surface area contributed by atoms with E-state index in [1.54, 1.807) is 26.5 Å². The molecular weight excluding hydrogens is 442 g/mol. The zero-order valence-electron chi connectivity index (χ0n) is 18.4. The van der Waals surface area contributed by atoms with Gasteiger partial charge in [0.05, 0.1) is 17.2 Å². The molecule has 9 nitrogen and oxygen atoms in total. The van der Waals surface area contributed by atoms with Crippen LogP contribution in [0.4, 0.5) is 11.5 Å². The maximum Gasteiger partial charge on any atom is 0.259 e. The highest BCUT2D eigenvalue weighted by Crippen LogP contribution is 2.55. The molecule has 5 rings (SSSR count). The number of amides is 1. The number of rotatable bonds is 5. The first-order valence-corrected chi connectivity index (χ1v) is 12.5. The molecule has 0 aliphatic carbocycles. The Morgan fingerprint density at radius 2 is 2.06 bits per heavy atom. The lowest BCUT2D eigenvalue weighted by molar-refractivity contribution is -0.130. The third-order valence-corrected chi connectivity index (χ3v) is 7.29. The average Bonchev–Trinajstić information content (AvgIpc) is 3.35. The Labute approximate surface area is 193 Å². The van der Waals surface area contributed by atoms with Crippen LogP contribution in [0.15, 0.2) is 42.7 Å². The number of nitrogens with zero attached hydrogens (tertiary/aromatic N) is 5. The summed E-state index contributed by atoms with van der Waals surface area (Å²) in [6.07, 6.45) is 4.21. The maximum absolute atomic E-state index is 11.9. The molecule has 0 saturated heterocycles. The van der Waals surface area contributed by atoms with Gasteiger partial charge in [-0.1, -0.05) is 6.07 Å². The van der Waals surface area contributed by atoms with E-state index in [0.29, 0.717) is 29.6 Å². The van der Waals surface area contributed by atoms with E-state index in [1.165, 1.54) is 4.90 Å². The fourth-order valence-corrected chi connectivity index (χ4v) is 5.61. The van der Waals surface area contributed by atoms with Crippen molar-refractivity contribution in [3.8, 4) is 17.1 Å². The number of likely N-dealkylation sites (N-methyl/N-ethyl adjacent to an activating group) is 1. The van der Waals surface area contributed by atoms with E-state index in [1.807, 2.05) is 30.3 Å². The quantitative estimate of drug-likeness (QED) is 0.587. The van der Waals surface area contributed by atoms with Crippen LogP contribution in [0.5, 0.6) is 5.75 Å².